The van der Waals surface area contributed by atoms with Crippen LogP contribution in [0.3, 0.4) is 0 Å². The van der Waals surface area contributed by atoms with Gasteiger partial charge in [-0.2, -0.15) is 0 Å². The van der Waals surface area contributed by atoms with Crippen molar-refractivity contribution in [3.05, 3.63) is 64.7 Å². The van der Waals surface area contributed by atoms with Gasteiger partial charge in [-0.25, -0.2) is 0 Å². The molecule has 2 radical (unpaired) electrons. The van der Waals surface area contributed by atoms with Crippen LogP contribution in [0.2, 0.25) is 6.32 Å². The van der Waals surface area contributed by atoms with Crippen molar-refractivity contribution < 1.29 is 19.1 Å². The molecule has 2 N–H and O–H groups in total. The summed E-state index contributed by atoms with van der Waals surface area (Å²) in [5.74, 6) is -1.34. The number of nitrogens with zero attached hydrogens (tertiary/aromatic N) is 2. The fourth-order valence-corrected chi connectivity index (χ4v) is 4.08. The molecule has 1 fully saturated rings. The summed E-state index contributed by atoms with van der Waals surface area (Å²) in [7, 11) is 5.22. The fourth-order valence-electron chi connectivity index (χ4n) is 4.08. The number of morpholine rings is 1. The van der Waals surface area contributed by atoms with Crippen molar-refractivity contribution in [3.63, 3.8) is 0 Å². The van der Waals surface area contributed by atoms with Crippen LogP contribution in [0, 0.1) is 0 Å². The summed E-state index contributed by atoms with van der Waals surface area (Å²) >= 11 is 0. The van der Waals surface area contributed by atoms with E-state index in [0.717, 1.165) is 49.7 Å². The van der Waals surface area contributed by atoms with Crippen molar-refractivity contribution in [2.24, 2.45) is 0 Å². The largest absolute Gasteiger partial charge is 0.381 e. The van der Waals surface area contributed by atoms with Gasteiger partial charge in [0.2, 0.25) is 11.8 Å². The number of anilines is 1. The highest BCUT2D eigenvalue weighted by Crippen LogP contribution is 2.29. The molecule has 2 aliphatic rings. The number of hydrogen-bond donors (Lipinski definition) is 2. The topological polar surface area (TPSA) is 91.0 Å². The number of ether oxygens (including phenoxy) is 1. The quantitative estimate of drug-likeness (QED) is 0.595. The minimum absolute atomic E-state index is 0.191. The second-order valence-electron chi connectivity index (χ2n) is 8.23. The van der Waals surface area contributed by atoms with Crippen LogP contribution in [0.15, 0.2) is 42.5 Å². The number of carbonyl (C=O) groups is 3. The normalized spacial score (nSPS) is 15.9. The first-order valence-electron chi connectivity index (χ1n) is 11.1. The van der Waals surface area contributed by atoms with Crippen LogP contribution in [-0.2, 0) is 34.0 Å². The van der Waals surface area contributed by atoms with E-state index in [2.05, 4.69) is 39.8 Å². The monoisotopic (exact) mass is 446 g/mol. The van der Waals surface area contributed by atoms with Crippen LogP contribution in [0.1, 0.15) is 27.0 Å². The van der Waals surface area contributed by atoms with E-state index in [1.165, 1.54) is 10.5 Å². The average molecular weight is 446 g/mol. The van der Waals surface area contributed by atoms with Gasteiger partial charge in [0.1, 0.15) is 6.54 Å². The van der Waals surface area contributed by atoms with Gasteiger partial charge in [0.15, 0.2) is 0 Å². The van der Waals surface area contributed by atoms with Gasteiger partial charge in [-0.3, -0.25) is 24.6 Å². The maximum absolute atomic E-state index is 12.7. The zero-order valence-electron chi connectivity index (χ0n) is 18.5. The fraction of sp³-hybridized carbons (Fsp3) is 0.375. The molecule has 4 rings (SSSR count). The molecule has 0 aromatic heterocycles. The third kappa shape index (κ3) is 5.80. The molecule has 0 unspecified atom stereocenters. The van der Waals surface area contributed by atoms with Gasteiger partial charge >= 0.3 is 0 Å². The van der Waals surface area contributed by atoms with Crippen LogP contribution in [0.4, 0.5) is 5.69 Å². The Hall–Kier alpha value is -3.17. The minimum Gasteiger partial charge on any atom is -0.381 e. The Morgan fingerprint density at radius 1 is 1.00 bits per heavy atom. The summed E-state index contributed by atoms with van der Waals surface area (Å²) in [5, 5.41) is 5.59. The van der Waals surface area contributed by atoms with E-state index < -0.39 is 11.8 Å². The SMILES string of the molecule is [B]CC(=O)NC(=O)CN1Cc2c(NCc3ccc(CN4CCOCC4)cc3)cccc2C1=O. The molecule has 1 saturated heterocycles. The number of carbonyl (C=O) groups excluding carboxylic acids is 3. The molecule has 2 aliphatic heterocycles. The van der Waals surface area contributed by atoms with E-state index in [9.17, 15) is 14.4 Å². The lowest BCUT2D eigenvalue weighted by atomic mass is 10.1. The molecule has 2 aromatic carbocycles. The second-order valence-corrected chi connectivity index (χ2v) is 8.23. The van der Waals surface area contributed by atoms with E-state index >= 15 is 0 Å². The van der Waals surface area contributed by atoms with Crippen LogP contribution >= 0.6 is 0 Å². The first kappa shape index (κ1) is 23.0. The summed E-state index contributed by atoms with van der Waals surface area (Å²) in [4.78, 5) is 39.8. The van der Waals surface area contributed by atoms with Crippen molar-refractivity contribution in [2.45, 2.75) is 26.0 Å². The smallest absolute Gasteiger partial charge is 0.255 e. The number of rotatable bonds is 8. The number of fused-ring (bicyclic) bond motifs is 1. The molecular weight excluding hydrogens is 419 g/mol. The Morgan fingerprint density at radius 3 is 2.45 bits per heavy atom. The third-order valence-electron chi connectivity index (χ3n) is 5.86. The predicted octanol–water partition coefficient (Wildman–Crippen LogP) is 1.32. The number of benzene rings is 2. The molecule has 2 heterocycles. The first-order valence-corrected chi connectivity index (χ1v) is 11.1. The van der Waals surface area contributed by atoms with Gasteiger partial charge in [-0.05, 0) is 29.6 Å². The van der Waals surface area contributed by atoms with E-state index in [-0.39, 0.29) is 18.8 Å². The highest BCUT2D eigenvalue weighted by molar-refractivity contribution is 6.21. The summed E-state index contributed by atoms with van der Waals surface area (Å²) in [6, 6.07) is 14.0. The Kier molecular flexibility index (Phi) is 7.41. The average Bonchev–Trinajstić information content (AvgIpc) is 3.14. The highest BCUT2D eigenvalue weighted by atomic mass is 16.5. The van der Waals surface area contributed by atoms with Crippen molar-refractivity contribution in [1.82, 2.24) is 15.1 Å². The van der Waals surface area contributed by atoms with Gasteiger partial charge in [-0.15, -0.1) is 0 Å². The number of nitrogens with one attached hydrogen (secondary N) is 2. The zero-order chi connectivity index (χ0) is 23.2. The number of imide groups is 1. The second kappa shape index (κ2) is 10.6. The van der Waals surface area contributed by atoms with E-state index in [4.69, 9.17) is 12.6 Å². The van der Waals surface area contributed by atoms with E-state index in [1.54, 1.807) is 6.07 Å². The Labute approximate surface area is 194 Å². The van der Waals surface area contributed by atoms with Crippen molar-refractivity contribution in [3.8, 4) is 0 Å². The summed E-state index contributed by atoms with van der Waals surface area (Å²) in [5.41, 5.74) is 4.69. The molecule has 33 heavy (non-hydrogen) atoms. The maximum Gasteiger partial charge on any atom is 0.255 e. The summed E-state index contributed by atoms with van der Waals surface area (Å²) in [6.45, 7) is 5.16. The molecule has 3 amide bonds. The first-order chi connectivity index (χ1) is 16.0. The highest BCUT2D eigenvalue weighted by Gasteiger charge is 2.30. The third-order valence-corrected chi connectivity index (χ3v) is 5.86. The van der Waals surface area contributed by atoms with Crippen molar-refractivity contribution >= 4 is 31.3 Å². The predicted molar refractivity (Wildman–Crippen MR) is 125 cm³/mol. The lowest BCUT2D eigenvalue weighted by Crippen LogP contribution is -2.39. The van der Waals surface area contributed by atoms with Crippen LogP contribution in [-0.4, -0.2) is 68.2 Å². The van der Waals surface area contributed by atoms with Crippen molar-refractivity contribution in [1.29, 1.82) is 0 Å². The zero-order valence-corrected chi connectivity index (χ0v) is 18.5. The summed E-state index contributed by atoms with van der Waals surface area (Å²) in [6.07, 6.45) is -0.276. The van der Waals surface area contributed by atoms with E-state index in [1.807, 2.05) is 12.1 Å². The maximum atomic E-state index is 12.7. The van der Waals surface area contributed by atoms with Gasteiger partial charge in [0.05, 0.1) is 21.1 Å². The molecule has 8 nitrogen and oxygen atoms in total. The van der Waals surface area contributed by atoms with E-state index in [0.29, 0.717) is 18.7 Å². The van der Waals surface area contributed by atoms with Gasteiger partial charge in [-0.1, -0.05) is 30.3 Å². The molecule has 9 heteroatoms. The molecule has 0 saturated carbocycles. The molecule has 0 bridgehead atoms. The Morgan fingerprint density at radius 2 is 1.73 bits per heavy atom. The Balaban J connectivity index is 1.35. The van der Waals surface area contributed by atoms with Gasteiger partial charge < -0.3 is 15.0 Å². The lowest BCUT2D eigenvalue weighted by Gasteiger charge is -2.26. The van der Waals surface area contributed by atoms with Crippen molar-refractivity contribution in [2.75, 3.05) is 38.2 Å². The standard InChI is InChI=1S/C24H27BN4O4/c25-12-22(30)27-23(31)16-29-15-20-19(24(29)32)2-1-3-21(20)26-13-17-4-6-18(7-5-17)14-28-8-10-33-11-9-28/h1-7,26H,8-16H2,(H,27,30,31). The minimum atomic E-state index is -0.567. The van der Waals surface area contributed by atoms with Gasteiger partial charge in [0, 0.05) is 49.5 Å². The Bertz CT molecular complexity index is 1020. The molecule has 2 aromatic rings. The molecular formula is C24H27BN4O4. The molecule has 0 spiro atoms. The molecule has 170 valence electrons. The molecule has 0 atom stereocenters. The number of amides is 3. The molecule has 0 aliphatic carbocycles. The lowest BCUT2D eigenvalue weighted by molar-refractivity contribution is -0.129. The number of hydrogen-bond acceptors (Lipinski definition) is 6. The van der Waals surface area contributed by atoms with Crippen LogP contribution < -0.4 is 10.6 Å². The van der Waals surface area contributed by atoms with Gasteiger partial charge in [0.25, 0.3) is 5.91 Å². The van der Waals surface area contributed by atoms with Crippen LogP contribution in [0.25, 0.3) is 0 Å². The summed E-state index contributed by atoms with van der Waals surface area (Å²) < 4.78 is 5.40. The van der Waals surface area contributed by atoms with Crippen LogP contribution in [0.5, 0.6) is 0 Å².